The van der Waals surface area contributed by atoms with Crippen molar-refractivity contribution < 1.29 is 9.85 Å². The zero-order chi connectivity index (χ0) is 10.7. The van der Waals surface area contributed by atoms with Gasteiger partial charge in [0.25, 0.3) is 0 Å². The van der Waals surface area contributed by atoms with Crippen molar-refractivity contribution in [2.24, 2.45) is 5.84 Å². The Hall–Kier alpha value is -1.93. The number of halogens is 1. The zero-order valence-electron chi connectivity index (χ0n) is 7.25. The fourth-order valence-electron chi connectivity index (χ4n) is 0.914. The van der Waals surface area contributed by atoms with E-state index in [1.807, 2.05) is 0 Å². The lowest BCUT2D eigenvalue weighted by molar-refractivity contribution is -0.422. The highest BCUT2D eigenvalue weighted by Crippen LogP contribution is 2.28. The van der Waals surface area contributed by atoms with Gasteiger partial charge in [0.2, 0.25) is 0 Å². The van der Waals surface area contributed by atoms with Crippen LogP contribution in [0.5, 0.6) is 0 Å². The molecule has 0 heterocycles. The van der Waals surface area contributed by atoms with E-state index in [1.165, 1.54) is 6.07 Å². The summed E-state index contributed by atoms with van der Waals surface area (Å²) in [6.07, 6.45) is 0. The lowest BCUT2D eigenvalue weighted by Crippen LogP contribution is -2.07. The van der Waals surface area contributed by atoms with Gasteiger partial charge in [-0.05, 0) is 6.07 Å². The first-order chi connectivity index (χ1) is 6.56. The van der Waals surface area contributed by atoms with Gasteiger partial charge < -0.3 is 5.43 Å². The molecule has 1 rings (SSSR count). The first kappa shape index (κ1) is 13.1. The molecule has 0 amide bonds. The second kappa shape index (κ2) is 5.08. The fraction of sp³-hybridized carbons (Fsp3) is 0. The minimum Gasteiger partial charge on any atom is -0.324 e. The normalized spacial score (nSPS) is 8.87. The summed E-state index contributed by atoms with van der Waals surface area (Å²) in [6, 6.07) is 3.30. The van der Waals surface area contributed by atoms with E-state index < -0.39 is 21.2 Å². The highest BCUT2D eigenvalue weighted by atomic mass is 35.5. The molecule has 9 heteroatoms. The Kier molecular flexibility index (Phi) is 4.42. The number of nitrogens with zero attached hydrogens (tertiary/aromatic N) is 2. The SMILES string of the molecule is Cl.NNc1ccc([N+](=O)[O-])c([N+](=O)[O-])c1. The topological polar surface area (TPSA) is 124 Å². The van der Waals surface area contributed by atoms with E-state index in [4.69, 9.17) is 5.84 Å². The maximum absolute atomic E-state index is 10.4. The summed E-state index contributed by atoms with van der Waals surface area (Å²) in [5, 5.41) is 20.8. The molecule has 0 aliphatic carbocycles. The Bertz CT molecular complexity index is 397. The minimum atomic E-state index is -0.834. The molecule has 0 spiro atoms. The largest absolute Gasteiger partial charge is 0.348 e. The summed E-state index contributed by atoms with van der Waals surface area (Å²) >= 11 is 0. The van der Waals surface area contributed by atoms with Crippen LogP contribution >= 0.6 is 12.4 Å². The molecule has 0 aliphatic heterocycles. The van der Waals surface area contributed by atoms with Gasteiger partial charge in [-0.2, -0.15) is 0 Å². The Morgan fingerprint density at radius 1 is 1.13 bits per heavy atom. The number of benzene rings is 1. The number of nitrogen functional groups attached to an aromatic ring is 1. The number of anilines is 1. The van der Waals surface area contributed by atoms with Crippen molar-refractivity contribution in [3.05, 3.63) is 38.4 Å². The summed E-state index contributed by atoms with van der Waals surface area (Å²) in [5.74, 6) is 5.00. The quantitative estimate of drug-likeness (QED) is 0.460. The molecule has 1 aromatic rings. The molecule has 8 nitrogen and oxygen atoms in total. The van der Waals surface area contributed by atoms with Crippen molar-refractivity contribution in [3.63, 3.8) is 0 Å². The Balaban J connectivity index is 0.00000196. The number of nitrogens with two attached hydrogens (primary N) is 1. The summed E-state index contributed by atoms with van der Waals surface area (Å²) in [5.41, 5.74) is 1.25. The highest BCUT2D eigenvalue weighted by molar-refractivity contribution is 5.85. The van der Waals surface area contributed by atoms with Crippen LogP contribution in [0.25, 0.3) is 0 Å². The van der Waals surface area contributed by atoms with Gasteiger partial charge in [-0.25, -0.2) is 0 Å². The van der Waals surface area contributed by atoms with Crippen LogP contribution in [-0.4, -0.2) is 9.85 Å². The summed E-state index contributed by atoms with van der Waals surface area (Å²) in [7, 11) is 0. The number of hydrogen-bond donors (Lipinski definition) is 2. The van der Waals surface area contributed by atoms with Crippen LogP contribution < -0.4 is 11.3 Å². The number of nitrogens with one attached hydrogen (secondary N) is 1. The summed E-state index contributed by atoms with van der Waals surface area (Å²) < 4.78 is 0. The van der Waals surface area contributed by atoms with E-state index in [1.54, 1.807) is 0 Å². The van der Waals surface area contributed by atoms with Gasteiger partial charge in [-0.3, -0.25) is 26.1 Å². The zero-order valence-corrected chi connectivity index (χ0v) is 8.06. The van der Waals surface area contributed by atoms with E-state index in [0.717, 1.165) is 12.1 Å². The molecular weight excluding hydrogens is 228 g/mol. The monoisotopic (exact) mass is 234 g/mol. The van der Waals surface area contributed by atoms with E-state index in [2.05, 4.69) is 5.43 Å². The van der Waals surface area contributed by atoms with Crippen molar-refractivity contribution in [2.45, 2.75) is 0 Å². The number of hydrogen-bond acceptors (Lipinski definition) is 6. The third-order valence-corrected chi connectivity index (χ3v) is 1.54. The average Bonchev–Trinajstić information content (AvgIpc) is 2.16. The molecular formula is C6H7ClN4O4. The molecule has 0 aliphatic rings. The van der Waals surface area contributed by atoms with Crippen LogP contribution in [0, 0.1) is 20.2 Å². The van der Waals surface area contributed by atoms with E-state index in [0.29, 0.717) is 0 Å². The highest BCUT2D eigenvalue weighted by Gasteiger charge is 2.23. The van der Waals surface area contributed by atoms with Crippen LogP contribution in [0.4, 0.5) is 17.1 Å². The predicted molar refractivity (Wildman–Crippen MR) is 54.8 cm³/mol. The molecule has 1 aromatic carbocycles. The Morgan fingerprint density at radius 2 is 1.67 bits per heavy atom. The van der Waals surface area contributed by atoms with Gasteiger partial charge in [0.1, 0.15) is 0 Å². The number of nitro groups is 2. The van der Waals surface area contributed by atoms with E-state index in [9.17, 15) is 20.2 Å². The maximum Gasteiger partial charge on any atom is 0.348 e. The fourth-order valence-corrected chi connectivity index (χ4v) is 0.914. The number of rotatable bonds is 3. The molecule has 0 aromatic heterocycles. The predicted octanol–water partition coefficient (Wildman–Crippen LogP) is 1.21. The molecule has 0 atom stereocenters. The van der Waals surface area contributed by atoms with Gasteiger partial charge in [0, 0.05) is 12.1 Å². The molecule has 15 heavy (non-hydrogen) atoms. The second-order valence-corrected chi connectivity index (χ2v) is 2.36. The van der Waals surface area contributed by atoms with Crippen molar-refractivity contribution in [2.75, 3.05) is 5.43 Å². The first-order valence-electron chi connectivity index (χ1n) is 3.45. The third-order valence-electron chi connectivity index (χ3n) is 1.54. The number of nitro benzene ring substituents is 2. The van der Waals surface area contributed by atoms with Crippen molar-refractivity contribution >= 4 is 29.5 Å². The smallest absolute Gasteiger partial charge is 0.324 e. The van der Waals surface area contributed by atoms with Crippen LogP contribution in [0.1, 0.15) is 0 Å². The molecule has 0 saturated carbocycles. The van der Waals surface area contributed by atoms with Gasteiger partial charge in [-0.1, -0.05) is 0 Å². The molecule has 0 radical (unpaired) electrons. The van der Waals surface area contributed by atoms with Crippen LogP contribution in [0.3, 0.4) is 0 Å². The lowest BCUT2D eigenvalue weighted by Gasteiger charge is -1.99. The van der Waals surface area contributed by atoms with Gasteiger partial charge in [0.05, 0.1) is 15.5 Å². The molecule has 82 valence electrons. The second-order valence-electron chi connectivity index (χ2n) is 2.36. The van der Waals surface area contributed by atoms with Crippen molar-refractivity contribution in [1.82, 2.24) is 0 Å². The molecule has 3 N–H and O–H groups in total. The van der Waals surface area contributed by atoms with Crippen molar-refractivity contribution in [1.29, 1.82) is 0 Å². The first-order valence-corrected chi connectivity index (χ1v) is 3.45. The Labute approximate surface area is 89.8 Å². The van der Waals surface area contributed by atoms with Gasteiger partial charge >= 0.3 is 11.4 Å². The molecule has 0 bridgehead atoms. The summed E-state index contributed by atoms with van der Waals surface area (Å²) in [6.45, 7) is 0. The van der Waals surface area contributed by atoms with E-state index in [-0.39, 0.29) is 18.1 Å². The average molecular weight is 235 g/mol. The minimum absolute atomic E-state index is 0. The third kappa shape index (κ3) is 2.76. The standard InChI is InChI=1S/C6H6N4O4.ClH/c7-8-4-1-2-5(9(11)12)6(3-4)10(13)14;/h1-3,8H,7H2;1H. The van der Waals surface area contributed by atoms with Gasteiger partial charge in [0.15, 0.2) is 0 Å². The molecule has 0 saturated heterocycles. The number of hydrazine groups is 1. The van der Waals surface area contributed by atoms with Crippen LogP contribution in [0.15, 0.2) is 18.2 Å². The van der Waals surface area contributed by atoms with Gasteiger partial charge in [-0.15, -0.1) is 12.4 Å². The lowest BCUT2D eigenvalue weighted by atomic mass is 10.2. The maximum atomic E-state index is 10.4. The van der Waals surface area contributed by atoms with Crippen molar-refractivity contribution in [3.8, 4) is 0 Å². The Morgan fingerprint density at radius 3 is 2.07 bits per heavy atom. The molecule has 0 fully saturated rings. The van der Waals surface area contributed by atoms with E-state index >= 15 is 0 Å². The van der Waals surface area contributed by atoms with Crippen LogP contribution in [-0.2, 0) is 0 Å². The van der Waals surface area contributed by atoms with Crippen LogP contribution in [0.2, 0.25) is 0 Å². The molecule has 0 unspecified atom stereocenters. The summed E-state index contributed by atoms with van der Waals surface area (Å²) in [4.78, 5) is 19.1.